The summed E-state index contributed by atoms with van der Waals surface area (Å²) in [7, 11) is 0. The molecule has 3 rings (SSSR count). The Balaban J connectivity index is 2.02. The van der Waals surface area contributed by atoms with E-state index in [1.807, 2.05) is 0 Å². The number of hydrogen-bond donors (Lipinski definition) is 0. The Morgan fingerprint density at radius 2 is 1.42 bits per heavy atom. The molecule has 2 heteroatoms. The van der Waals surface area contributed by atoms with Crippen LogP contribution < -0.4 is 0 Å². The largest absolute Gasteiger partial charge is 0.291 e. The molecule has 0 aromatic carbocycles. The van der Waals surface area contributed by atoms with Crippen molar-refractivity contribution >= 4 is 11.6 Å². The van der Waals surface area contributed by atoms with Crippen molar-refractivity contribution < 1.29 is 9.59 Å². The zero-order chi connectivity index (χ0) is 8.29. The monoisotopic (exact) mass is 164 g/mol. The highest BCUT2D eigenvalue weighted by atomic mass is 16.2. The quantitative estimate of drug-likeness (QED) is 0.504. The molecule has 0 amide bonds. The molecule has 0 N–H and O–H groups in total. The van der Waals surface area contributed by atoms with Gasteiger partial charge in [0.15, 0.2) is 0 Å². The molecule has 3 fully saturated rings. The van der Waals surface area contributed by atoms with E-state index < -0.39 is 0 Å². The summed E-state index contributed by atoms with van der Waals surface area (Å²) < 4.78 is 0. The Morgan fingerprint density at radius 3 is 1.92 bits per heavy atom. The first-order valence-electron chi connectivity index (χ1n) is 4.87. The van der Waals surface area contributed by atoms with Crippen LogP contribution in [0.1, 0.15) is 25.7 Å². The van der Waals surface area contributed by atoms with E-state index >= 15 is 0 Å². The Hall–Kier alpha value is -0.660. The molecule has 3 aliphatic rings. The number of carbonyl (C=O) groups is 2. The minimum atomic E-state index is -0.0388. The van der Waals surface area contributed by atoms with Crippen molar-refractivity contribution in [2.75, 3.05) is 0 Å². The summed E-state index contributed by atoms with van der Waals surface area (Å²) >= 11 is 0. The molecule has 2 nitrogen and oxygen atoms in total. The highest BCUT2D eigenvalue weighted by Crippen LogP contribution is 2.55. The van der Waals surface area contributed by atoms with Gasteiger partial charge in [0.1, 0.15) is 0 Å². The Bertz CT molecular complexity index is 243. The molecule has 0 aliphatic heterocycles. The van der Waals surface area contributed by atoms with Gasteiger partial charge in [-0.15, -0.1) is 0 Å². The number of Topliss-reactive ketones (excluding diaryl/α,β-unsaturated/α-hetero) is 2. The number of hydrogen-bond acceptors (Lipinski definition) is 2. The van der Waals surface area contributed by atoms with E-state index in [-0.39, 0.29) is 23.4 Å². The molecule has 0 saturated heterocycles. The summed E-state index contributed by atoms with van der Waals surface area (Å²) in [6.07, 6.45) is 4.53. The predicted molar refractivity (Wildman–Crippen MR) is 42.4 cm³/mol. The molecule has 0 radical (unpaired) electrons. The zero-order valence-electron chi connectivity index (χ0n) is 6.95. The van der Waals surface area contributed by atoms with Crippen molar-refractivity contribution in [2.45, 2.75) is 25.7 Å². The van der Waals surface area contributed by atoms with Crippen molar-refractivity contribution in [3.05, 3.63) is 0 Å². The van der Waals surface area contributed by atoms with Crippen molar-refractivity contribution in [2.24, 2.45) is 23.7 Å². The Kier molecular flexibility index (Phi) is 1.12. The van der Waals surface area contributed by atoms with Crippen molar-refractivity contribution in [3.63, 3.8) is 0 Å². The van der Waals surface area contributed by atoms with Crippen LogP contribution >= 0.6 is 0 Å². The molecule has 4 unspecified atom stereocenters. The lowest BCUT2D eigenvalue weighted by Gasteiger charge is -2.21. The van der Waals surface area contributed by atoms with Crippen LogP contribution in [0.4, 0.5) is 0 Å². The number of ketones is 2. The molecule has 0 spiro atoms. The van der Waals surface area contributed by atoms with E-state index in [9.17, 15) is 9.59 Å². The Labute approximate surface area is 71.3 Å². The predicted octanol–water partition coefficient (Wildman–Crippen LogP) is 1.19. The van der Waals surface area contributed by atoms with Crippen LogP contribution in [0, 0.1) is 23.7 Å². The highest BCUT2D eigenvalue weighted by molar-refractivity contribution is 6.41. The molecule has 12 heavy (non-hydrogen) atoms. The molecule has 0 heterocycles. The number of rotatable bonds is 0. The number of fused-ring (bicyclic) bond motifs is 5. The fourth-order valence-corrected chi connectivity index (χ4v) is 3.61. The lowest BCUT2D eigenvalue weighted by atomic mass is 9.80. The summed E-state index contributed by atoms with van der Waals surface area (Å²) in [6, 6.07) is 0. The van der Waals surface area contributed by atoms with Gasteiger partial charge in [0, 0.05) is 11.8 Å². The van der Waals surface area contributed by atoms with Gasteiger partial charge in [0.25, 0.3) is 0 Å². The lowest BCUT2D eigenvalue weighted by Crippen LogP contribution is -2.32. The van der Waals surface area contributed by atoms with E-state index in [4.69, 9.17) is 0 Å². The first-order valence-corrected chi connectivity index (χ1v) is 4.87. The molecule has 0 aromatic rings. The molecule has 0 aromatic heterocycles. The first kappa shape index (κ1) is 6.81. The maximum atomic E-state index is 11.4. The third kappa shape index (κ3) is 0.584. The first-order chi connectivity index (χ1) is 5.79. The lowest BCUT2D eigenvalue weighted by molar-refractivity contribution is -0.141. The van der Waals surface area contributed by atoms with Crippen molar-refractivity contribution in [1.82, 2.24) is 0 Å². The smallest absolute Gasteiger partial charge is 0.202 e. The zero-order valence-corrected chi connectivity index (χ0v) is 6.95. The maximum absolute atomic E-state index is 11.4. The van der Waals surface area contributed by atoms with Crippen LogP contribution in [-0.4, -0.2) is 11.6 Å². The average molecular weight is 164 g/mol. The highest BCUT2D eigenvalue weighted by Gasteiger charge is 2.58. The third-order valence-corrected chi connectivity index (χ3v) is 4.08. The summed E-state index contributed by atoms with van der Waals surface area (Å²) in [5.41, 5.74) is 0. The van der Waals surface area contributed by atoms with Gasteiger partial charge in [-0.25, -0.2) is 0 Å². The second-order valence-electron chi connectivity index (χ2n) is 4.44. The number of carbonyl (C=O) groups excluding carboxylic acids is 2. The fraction of sp³-hybridized carbons (Fsp3) is 0.800. The van der Waals surface area contributed by atoms with Crippen LogP contribution in [0.3, 0.4) is 0 Å². The molecule has 3 saturated carbocycles. The third-order valence-electron chi connectivity index (χ3n) is 4.08. The average Bonchev–Trinajstić information content (AvgIpc) is 2.63. The van der Waals surface area contributed by atoms with Crippen molar-refractivity contribution in [3.8, 4) is 0 Å². The minimum Gasteiger partial charge on any atom is -0.291 e. The second-order valence-corrected chi connectivity index (χ2v) is 4.44. The van der Waals surface area contributed by atoms with E-state index in [0.29, 0.717) is 11.8 Å². The van der Waals surface area contributed by atoms with Gasteiger partial charge in [0.2, 0.25) is 11.6 Å². The van der Waals surface area contributed by atoms with Crippen LogP contribution in [-0.2, 0) is 9.59 Å². The van der Waals surface area contributed by atoms with Crippen molar-refractivity contribution in [1.29, 1.82) is 0 Å². The van der Waals surface area contributed by atoms with E-state index in [1.165, 1.54) is 19.3 Å². The standard InChI is InChI=1S/C10H12O2/c11-9-7-4-8(10(9)12)6-3-1-2-5(6)7/h5-8H,1-4H2. The SMILES string of the molecule is O=C1C(=O)C2CC1C1CCCC21. The fourth-order valence-electron chi connectivity index (χ4n) is 3.61. The van der Waals surface area contributed by atoms with Crippen LogP contribution in [0.15, 0.2) is 0 Å². The summed E-state index contributed by atoms with van der Waals surface area (Å²) in [6.45, 7) is 0. The van der Waals surface area contributed by atoms with Gasteiger partial charge in [-0.05, 0) is 31.1 Å². The minimum absolute atomic E-state index is 0.0387. The van der Waals surface area contributed by atoms with Crippen LogP contribution in [0.25, 0.3) is 0 Å². The molecule has 2 bridgehead atoms. The maximum Gasteiger partial charge on any atom is 0.202 e. The topological polar surface area (TPSA) is 34.1 Å². The van der Waals surface area contributed by atoms with Gasteiger partial charge in [-0.1, -0.05) is 6.42 Å². The summed E-state index contributed by atoms with van der Waals surface area (Å²) in [5, 5.41) is 0. The summed E-state index contributed by atoms with van der Waals surface area (Å²) in [5.74, 6) is 1.41. The van der Waals surface area contributed by atoms with Crippen LogP contribution in [0.5, 0.6) is 0 Å². The molecular weight excluding hydrogens is 152 g/mol. The van der Waals surface area contributed by atoms with E-state index in [1.54, 1.807) is 0 Å². The van der Waals surface area contributed by atoms with Gasteiger partial charge in [0.05, 0.1) is 0 Å². The van der Waals surface area contributed by atoms with Gasteiger partial charge in [-0.2, -0.15) is 0 Å². The molecule has 4 atom stereocenters. The van der Waals surface area contributed by atoms with E-state index in [0.717, 1.165) is 6.42 Å². The van der Waals surface area contributed by atoms with Gasteiger partial charge >= 0.3 is 0 Å². The van der Waals surface area contributed by atoms with Gasteiger partial charge in [-0.3, -0.25) is 9.59 Å². The van der Waals surface area contributed by atoms with Gasteiger partial charge < -0.3 is 0 Å². The summed E-state index contributed by atoms with van der Waals surface area (Å²) in [4.78, 5) is 22.7. The molecular formula is C10H12O2. The molecule has 64 valence electrons. The van der Waals surface area contributed by atoms with E-state index in [2.05, 4.69) is 0 Å². The normalized spacial score (nSPS) is 50.3. The second kappa shape index (κ2) is 1.98. The Morgan fingerprint density at radius 1 is 0.917 bits per heavy atom. The molecule has 3 aliphatic carbocycles. The van der Waals surface area contributed by atoms with Crippen LogP contribution in [0.2, 0.25) is 0 Å².